The van der Waals surface area contributed by atoms with E-state index in [4.69, 9.17) is 33.2 Å². The monoisotopic (exact) mass is 531 g/mol. The molecule has 5 rings (SSSR count). The Hall–Kier alpha value is -5.32. The van der Waals surface area contributed by atoms with Gasteiger partial charge in [0.05, 0.1) is 19.8 Å². The molecule has 11 nitrogen and oxygen atoms in total. The van der Waals surface area contributed by atoms with Crippen LogP contribution in [0.1, 0.15) is 28.4 Å². The van der Waals surface area contributed by atoms with E-state index >= 15 is 0 Å². The number of methoxy groups -OCH3 is 2. The molecule has 0 N–H and O–H groups in total. The van der Waals surface area contributed by atoms with Crippen LogP contribution in [0, 0.1) is 0 Å². The van der Waals surface area contributed by atoms with Crippen LogP contribution >= 0.6 is 0 Å². The maximum atomic E-state index is 12.7. The van der Waals surface area contributed by atoms with Crippen LogP contribution in [0.3, 0.4) is 0 Å². The van der Waals surface area contributed by atoms with Crippen LogP contribution in [-0.2, 0) is 14.3 Å². The third-order valence-corrected chi connectivity index (χ3v) is 5.59. The molecule has 198 valence electrons. The zero-order valence-corrected chi connectivity index (χ0v) is 21.0. The number of fused-ring (bicyclic) bond motifs is 1. The highest BCUT2D eigenvalue weighted by Crippen LogP contribution is 2.35. The Labute approximate surface area is 222 Å². The Morgan fingerprint density at radius 3 is 2.33 bits per heavy atom. The van der Waals surface area contributed by atoms with E-state index in [1.54, 1.807) is 42.5 Å². The summed E-state index contributed by atoms with van der Waals surface area (Å²) in [6.07, 6.45) is 1.51. The van der Waals surface area contributed by atoms with Crippen LogP contribution in [0.15, 0.2) is 65.3 Å². The molecule has 0 aliphatic carbocycles. The number of esters is 3. The average molecular weight is 531 g/mol. The second-order valence-electron chi connectivity index (χ2n) is 8.16. The first kappa shape index (κ1) is 25.3. The van der Waals surface area contributed by atoms with Gasteiger partial charge in [-0.2, -0.15) is 0 Å². The minimum atomic E-state index is -0.662. The standard InChI is InChI=1S/C28H21NO10/c1-15(30)37-21-9-5-17(12-24(21)34-3)26-29-19(28(32)39-26)10-16-4-7-22(23(11-16)33-2)38-27(31)18-6-8-20-25(13-18)36-14-35-20/h4-13H,14H2,1-3H3. The van der Waals surface area contributed by atoms with Crippen molar-refractivity contribution in [2.75, 3.05) is 21.0 Å². The Kier molecular flexibility index (Phi) is 6.87. The molecule has 0 unspecified atom stereocenters. The molecule has 39 heavy (non-hydrogen) atoms. The molecule has 0 atom stereocenters. The van der Waals surface area contributed by atoms with Crippen molar-refractivity contribution in [3.63, 3.8) is 0 Å². The maximum absolute atomic E-state index is 12.7. The quantitative estimate of drug-likeness (QED) is 0.251. The molecular formula is C28H21NO10. The molecule has 0 amide bonds. The molecule has 0 aromatic heterocycles. The van der Waals surface area contributed by atoms with Crippen molar-refractivity contribution in [2.24, 2.45) is 4.99 Å². The van der Waals surface area contributed by atoms with E-state index in [-0.39, 0.29) is 46.9 Å². The van der Waals surface area contributed by atoms with E-state index in [0.717, 1.165) is 0 Å². The number of carbonyl (C=O) groups is 3. The van der Waals surface area contributed by atoms with Gasteiger partial charge in [0.2, 0.25) is 12.7 Å². The normalized spacial score (nSPS) is 14.5. The van der Waals surface area contributed by atoms with E-state index in [0.29, 0.717) is 22.6 Å². The van der Waals surface area contributed by atoms with Gasteiger partial charge in [-0.15, -0.1) is 0 Å². The van der Waals surface area contributed by atoms with Crippen LogP contribution in [0.25, 0.3) is 6.08 Å². The lowest BCUT2D eigenvalue weighted by molar-refractivity contribution is -0.132. The average Bonchev–Trinajstić information content (AvgIpc) is 3.55. The summed E-state index contributed by atoms with van der Waals surface area (Å²) in [6.45, 7) is 1.37. The fourth-order valence-corrected chi connectivity index (χ4v) is 3.77. The molecule has 0 saturated heterocycles. The first-order valence-electron chi connectivity index (χ1n) is 11.5. The maximum Gasteiger partial charge on any atom is 0.363 e. The van der Waals surface area contributed by atoms with Gasteiger partial charge in [0.1, 0.15) is 0 Å². The molecule has 11 heteroatoms. The minimum absolute atomic E-state index is 0.0418. The van der Waals surface area contributed by atoms with E-state index in [9.17, 15) is 14.4 Å². The third kappa shape index (κ3) is 5.37. The van der Waals surface area contributed by atoms with Crippen molar-refractivity contribution in [3.8, 4) is 34.5 Å². The van der Waals surface area contributed by atoms with Crippen molar-refractivity contribution in [2.45, 2.75) is 6.92 Å². The lowest BCUT2D eigenvalue weighted by atomic mass is 10.1. The van der Waals surface area contributed by atoms with Gasteiger partial charge < -0.3 is 33.2 Å². The first-order chi connectivity index (χ1) is 18.8. The molecule has 0 bridgehead atoms. The molecule has 0 saturated carbocycles. The van der Waals surface area contributed by atoms with Crippen molar-refractivity contribution >= 4 is 29.9 Å². The first-order valence-corrected chi connectivity index (χ1v) is 11.5. The number of hydrogen-bond donors (Lipinski definition) is 0. The number of carbonyl (C=O) groups excluding carboxylic acids is 3. The minimum Gasteiger partial charge on any atom is -0.493 e. The number of hydrogen-bond acceptors (Lipinski definition) is 11. The summed E-state index contributed by atoms with van der Waals surface area (Å²) in [7, 11) is 2.85. The topological polar surface area (TPSA) is 128 Å². The highest BCUT2D eigenvalue weighted by molar-refractivity contribution is 6.13. The molecule has 0 radical (unpaired) electrons. The lowest BCUT2D eigenvalue weighted by Gasteiger charge is -2.10. The van der Waals surface area contributed by atoms with E-state index in [1.165, 1.54) is 39.4 Å². The molecular weight excluding hydrogens is 510 g/mol. The van der Waals surface area contributed by atoms with E-state index in [1.807, 2.05) is 0 Å². The number of benzene rings is 3. The van der Waals surface area contributed by atoms with Crippen molar-refractivity contribution in [1.82, 2.24) is 0 Å². The molecule has 2 aliphatic heterocycles. The van der Waals surface area contributed by atoms with Gasteiger partial charge in [-0.25, -0.2) is 14.6 Å². The molecule has 0 spiro atoms. The number of aliphatic imine (C=N–C) groups is 1. The number of rotatable bonds is 7. The second kappa shape index (κ2) is 10.6. The van der Waals surface area contributed by atoms with Gasteiger partial charge in [-0.1, -0.05) is 6.07 Å². The highest BCUT2D eigenvalue weighted by atomic mass is 16.7. The third-order valence-electron chi connectivity index (χ3n) is 5.59. The van der Waals surface area contributed by atoms with Crippen LogP contribution in [-0.4, -0.2) is 44.8 Å². The van der Waals surface area contributed by atoms with Gasteiger partial charge in [0.15, 0.2) is 40.2 Å². The number of cyclic esters (lactones) is 1. The largest absolute Gasteiger partial charge is 0.493 e. The summed E-state index contributed by atoms with van der Waals surface area (Å²) in [5.41, 5.74) is 1.32. The summed E-state index contributed by atoms with van der Waals surface area (Å²) >= 11 is 0. The number of nitrogens with zero attached hydrogens (tertiary/aromatic N) is 1. The van der Waals surface area contributed by atoms with E-state index < -0.39 is 17.9 Å². The van der Waals surface area contributed by atoms with Gasteiger partial charge in [-0.3, -0.25) is 4.79 Å². The molecule has 2 heterocycles. The molecule has 2 aliphatic rings. The second-order valence-corrected chi connectivity index (χ2v) is 8.16. The Morgan fingerprint density at radius 2 is 1.56 bits per heavy atom. The molecule has 0 fully saturated rings. The molecule has 3 aromatic rings. The Bertz CT molecular complexity index is 1560. The van der Waals surface area contributed by atoms with Crippen molar-refractivity contribution in [3.05, 3.63) is 77.0 Å². The highest BCUT2D eigenvalue weighted by Gasteiger charge is 2.26. The lowest BCUT2D eigenvalue weighted by Crippen LogP contribution is -2.09. The van der Waals surface area contributed by atoms with Crippen molar-refractivity contribution in [1.29, 1.82) is 0 Å². The van der Waals surface area contributed by atoms with Crippen LogP contribution in [0.5, 0.6) is 34.5 Å². The van der Waals surface area contributed by atoms with E-state index in [2.05, 4.69) is 4.99 Å². The van der Waals surface area contributed by atoms with Gasteiger partial charge >= 0.3 is 17.9 Å². The molecule has 3 aromatic carbocycles. The SMILES string of the molecule is COc1cc(C2=NC(=Cc3ccc(OC(=O)c4ccc5c(c4)OCO5)c(OC)c3)C(=O)O2)ccc1OC(C)=O. The predicted molar refractivity (Wildman–Crippen MR) is 135 cm³/mol. The summed E-state index contributed by atoms with van der Waals surface area (Å²) in [6, 6.07) is 14.1. The fraction of sp³-hybridized carbons (Fsp3) is 0.143. The zero-order valence-electron chi connectivity index (χ0n) is 21.0. The predicted octanol–water partition coefficient (Wildman–Crippen LogP) is 3.92. The fourth-order valence-electron chi connectivity index (χ4n) is 3.77. The van der Waals surface area contributed by atoms with Crippen LogP contribution < -0.4 is 28.4 Å². The van der Waals surface area contributed by atoms with Crippen molar-refractivity contribution < 1.29 is 47.5 Å². The summed E-state index contributed by atoms with van der Waals surface area (Å²) in [4.78, 5) is 40.8. The van der Waals surface area contributed by atoms with Crippen LogP contribution in [0.2, 0.25) is 0 Å². The van der Waals surface area contributed by atoms with Gasteiger partial charge in [0.25, 0.3) is 0 Å². The summed E-state index contributed by atoms with van der Waals surface area (Å²) in [5, 5.41) is 0. The Balaban J connectivity index is 1.35. The summed E-state index contributed by atoms with van der Waals surface area (Å²) < 4.78 is 37.2. The van der Waals surface area contributed by atoms with Crippen LogP contribution in [0.4, 0.5) is 0 Å². The summed E-state index contributed by atoms with van der Waals surface area (Å²) in [5.74, 6) is 0.235. The smallest absolute Gasteiger partial charge is 0.363 e. The van der Waals surface area contributed by atoms with Gasteiger partial charge in [-0.05, 0) is 60.2 Å². The number of ether oxygens (including phenoxy) is 7. The van der Waals surface area contributed by atoms with Gasteiger partial charge in [0, 0.05) is 12.5 Å². The Morgan fingerprint density at radius 1 is 0.846 bits per heavy atom. The zero-order chi connectivity index (χ0) is 27.5.